The Labute approximate surface area is 112 Å². The third-order valence-corrected chi connectivity index (χ3v) is 4.02. The molecule has 0 spiro atoms. The molecule has 0 saturated heterocycles. The second kappa shape index (κ2) is 3.89. The van der Waals surface area contributed by atoms with E-state index >= 15 is 0 Å². The molecular weight excluding hydrogens is 232 g/mol. The van der Waals surface area contributed by atoms with Crippen molar-refractivity contribution >= 4 is 10.9 Å². The van der Waals surface area contributed by atoms with Crippen molar-refractivity contribution in [2.75, 3.05) is 5.01 Å². The Morgan fingerprint density at radius 2 is 1.47 bits per heavy atom. The fraction of sp³-hybridized carbons (Fsp3) is 0.176. The van der Waals surface area contributed by atoms with Crippen LogP contribution in [-0.2, 0) is 13.1 Å². The van der Waals surface area contributed by atoms with Gasteiger partial charge in [-0.1, -0.05) is 42.5 Å². The number of para-hydroxylation sites is 1. The zero-order chi connectivity index (χ0) is 12.8. The van der Waals surface area contributed by atoms with E-state index in [9.17, 15) is 0 Å². The van der Waals surface area contributed by atoms with Gasteiger partial charge in [0.1, 0.15) is 0 Å². The Hall–Kier alpha value is -2.22. The van der Waals surface area contributed by atoms with E-state index in [-0.39, 0.29) is 0 Å². The highest BCUT2D eigenvalue weighted by molar-refractivity contribution is 5.84. The first-order valence-corrected chi connectivity index (χ1v) is 6.71. The van der Waals surface area contributed by atoms with Crippen LogP contribution in [0.25, 0.3) is 10.9 Å². The van der Waals surface area contributed by atoms with Gasteiger partial charge in [-0.15, -0.1) is 0 Å². The van der Waals surface area contributed by atoms with Crippen molar-refractivity contribution in [2.24, 2.45) is 0 Å². The Kier molecular flexibility index (Phi) is 2.18. The summed E-state index contributed by atoms with van der Waals surface area (Å²) < 4.78 is 2.31. The summed E-state index contributed by atoms with van der Waals surface area (Å²) in [7, 11) is 0. The van der Waals surface area contributed by atoms with Crippen molar-refractivity contribution in [3.63, 3.8) is 0 Å². The molecule has 2 heteroatoms. The minimum Gasteiger partial charge on any atom is -0.304 e. The van der Waals surface area contributed by atoms with Gasteiger partial charge in [-0.3, -0.25) is 4.68 Å². The second-order valence-electron chi connectivity index (χ2n) is 5.27. The van der Waals surface area contributed by atoms with E-state index in [0.29, 0.717) is 0 Å². The van der Waals surface area contributed by atoms with Crippen LogP contribution in [0.5, 0.6) is 0 Å². The molecule has 2 nitrogen and oxygen atoms in total. The van der Waals surface area contributed by atoms with Crippen LogP contribution in [0, 0.1) is 6.92 Å². The van der Waals surface area contributed by atoms with Crippen LogP contribution in [0.3, 0.4) is 0 Å². The topological polar surface area (TPSA) is 8.17 Å². The van der Waals surface area contributed by atoms with E-state index in [2.05, 4.69) is 71.3 Å². The van der Waals surface area contributed by atoms with Gasteiger partial charge in [0.2, 0.25) is 0 Å². The number of aromatic nitrogens is 1. The van der Waals surface area contributed by atoms with Crippen molar-refractivity contribution in [1.29, 1.82) is 0 Å². The standard InChI is InChI=1S/C17H16N2/c1-13-10-19(17-9-5-4-8-16(13)17)18-11-14-6-2-3-7-15(14)12-18/h2-10H,11-12H2,1H3. The van der Waals surface area contributed by atoms with E-state index < -0.39 is 0 Å². The molecule has 0 fully saturated rings. The molecule has 94 valence electrons. The maximum atomic E-state index is 2.40. The SMILES string of the molecule is Cc1cn(N2Cc3ccccc3C2)c2ccccc12. The minimum absolute atomic E-state index is 0.994. The van der Waals surface area contributed by atoms with Crippen LogP contribution in [0.2, 0.25) is 0 Å². The smallest absolute Gasteiger partial charge is 0.0697 e. The van der Waals surface area contributed by atoms with E-state index in [1.807, 2.05) is 0 Å². The predicted molar refractivity (Wildman–Crippen MR) is 78.7 cm³/mol. The van der Waals surface area contributed by atoms with Crippen LogP contribution in [0.1, 0.15) is 16.7 Å². The molecule has 0 bridgehead atoms. The van der Waals surface area contributed by atoms with E-state index in [0.717, 1.165) is 13.1 Å². The van der Waals surface area contributed by atoms with E-state index in [1.54, 1.807) is 0 Å². The first-order valence-electron chi connectivity index (χ1n) is 6.71. The minimum atomic E-state index is 0.994. The monoisotopic (exact) mass is 248 g/mol. The quantitative estimate of drug-likeness (QED) is 0.639. The number of rotatable bonds is 1. The normalized spacial score (nSPS) is 14.1. The lowest BCUT2D eigenvalue weighted by Crippen LogP contribution is -2.27. The average molecular weight is 248 g/mol. The number of hydrogen-bond acceptors (Lipinski definition) is 1. The molecule has 1 aliphatic heterocycles. The fourth-order valence-corrected chi connectivity index (χ4v) is 3.03. The third kappa shape index (κ3) is 1.56. The summed E-state index contributed by atoms with van der Waals surface area (Å²) in [5.74, 6) is 0. The number of aryl methyl sites for hydroxylation is 1. The first kappa shape index (κ1) is 10.7. The van der Waals surface area contributed by atoms with Crippen LogP contribution in [0.15, 0.2) is 54.7 Å². The molecule has 1 aliphatic rings. The van der Waals surface area contributed by atoms with Gasteiger partial charge in [0, 0.05) is 11.6 Å². The molecule has 0 amide bonds. The number of fused-ring (bicyclic) bond motifs is 2. The highest BCUT2D eigenvalue weighted by Crippen LogP contribution is 2.26. The van der Waals surface area contributed by atoms with Crippen molar-refractivity contribution in [1.82, 2.24) is 4.68 Å². The van der Waals surface area contributed by atoms with E-state index in [4.69, 9.17) is 0 Å². The van der Waals surface area contributed by atoms with Crippen LogP contribution in [0.4, 0.5) is 0 Å². The maximum absolute atomic E-state index is 2.40. The van der Waals surface area contributed by atoms with Crippen molar-refractivity contribution < 1.29 is 0 Å². The molecule has 0 atom stereocenters. The van der Waals surface area contributed by atoms with Gasteiger partial charge in [0.15, 0.2) is 0 Å². The van der Waals surface area contributed by atoms with Gasteiger partial charge in [-0.2, -0.15) is 0 Å². The van der Waals surface area contributed by atoms with Crippen molar-refractivity contribution in [3.05, 3.63) is 71.4 Å². The molecule has 0 N–H and O–H groups in total. The largest absolute Gasteiger partial charge is 0.304 e. The van der Waals surface area contributed by atoms with Gasteiger partial charge in [-0.25, -0.2) is 0 Å². The lowest BCUT2D eigenvalue weighted by atomic mass is 10.1. The lowest BCUT2D eigenvalue weighted by molar-refractivity contribution is 0.633. The van der Waals surface area contributed by atoms with Crippen LogP contribution in [-0.4, -0.2) is 4.68 Å². The summed E-state index contributed by atoms with van der Waals surface area (Å²) in [4.78, 5) is 0. The number of nitrogens with zero attached hydrogens (tertiary/aromatic N) is 2. The molecule has 19 heavy (non-hydrogen) atoms. The summed E-state index contributed by atoms with van der Waals surface area (Å²) in [5, 5.41) is 3.75. The summed E-state index contributed by atoms with van der Waals surface area (Å²) >= 11 is 0. The molecular formula is C17H16N2. The Balaban J connectivity index is 1.81. The third-order valence-electron chi connectivity index (χ3n) is 4.02. The molecule has 2 aromatic carbocycles. The molecule has 0 unspecified atom stereocenters. The molecule has 0 aliphatic carbocycles. The summed E-state index contributed by atoms with van der Waals surface area (Å²) in [5.41, 5.74) is 5.52. The predicted octanol–water partition coefficient (Wildman–Crippen LogP) is 3.60. The zero-order valence-electron chi connectivity index (χ0n) is 11.0. The van der Waals surface area contributed by atoms with Crippen LogP contribution < -0.4 is 5.01 Å². The van der Waals surface area contributed by atoms with Gasteiger partial charge in [0.25, 0.3) is 0 Å². The van der Waals surface area contributed by atoms with Gasteiger partial charge >= 0.3 is 0 Å². The summed E-state index contributed by atoms with van der Waals surface area (Å²) in [6.07, 6.45) is 2.25. The Morgan fingerprint density at radius 1 is 0.842 bits per heavy atom. The molecule has 3 aromatic rings. The van der Waals surface area contributed by atoms with Crippen molar-refractivity contribution in [3.8, 4) is 0 Å². The number of benzene rings is 2. The molecule has 0 saturated carbocycles. The summed E-state index contributed by atoms with van der Waals surface area (Å²) in [6.45, 7) is 4.17. The second-order valence-corrected chi connectivity index (χ2v) is 5.27. The zero-order valence-corrected chi connectivity index (χ0v) is 11.0. The molecule has 1 aromatic heterocycles. The average Bonchev–Trinajstić information content (AvgIpc) is 3.01. The van der Waals surface area contributed by atoms with E-state index in [1.165, 1.54) is 27.6 Å². The highest BCUT2D eigenvalue weighted by Gasteiger charge is 2.20. The Bertz CT molecular complexity index is 730. The van der Waals surface area contributed by atoms with Crippen LogP contribution >= 0.6 is 0 Å². The fourth-order valence-electron chi connectivity index (χ4n) is 3.03. The summed E-state index contributed by atoms with van der Waals surface area (Å²) in [6, 6.07) is 17.3. The number of hydrogen-bond donors (Lipinski definition) is 0. The van der Waals surface area contributed by atoms with Crippen molar-refractivity contribution in [2.45, 2.75) is 20.0 Å². The molecule has 4 rings (SSSR count). The highest BCUT2D eigenvalue weighted by atomic mass is 15.5. The molecule has 2 heterocycles. The first-order chi connectivity index (χ1) is 9.33. The Morgan fingerprint density at radius 3 is 2.21 bits per heavy atom. The molecule has 0 radical (unpaired) electrons. The van der Waals surface area contributed by atoms with Gasteiger partial charge < -0.3 is 5.01 Å². The van der Waals surface area contributed by atoms with Gasteiger partial charge in [0.05, 0.1) is 18.6 Å². The maximum Gasteiger partial charge on any atom is 0.0697 e. The van der Waals surface area contributed by atoms with Gasteiger partial charge in [-0.05, 0) is 29.7 Å². The lowest BCUT2D eigenvalue weighted by Gasteiger charge is -2.20.